The molecule has 1 aromatic heterocycles. The molecule has 0 radical (unpaired) electrons. The maximum absolute atomic E-state index is 10.4. The van der Waals surface area contributed by atoms with Crippen molar-refractivity contribution in [2.45, 2.75) is 46.0 Å². The van der Waals surface area contributed by atoms with E-state index in [1.807, 2.05) is 0 Å². The molecule has 0 aliphatic rings. The second kappa shape index (κ2) is 6.58. The number of hydrogen-bond acceptors (Lipinski definition) is 4. The minimum absolute atomic E-state index is 0.0116. The number of aromatic nitrogens is 1. The van der Waals surface area contributed by atoms with Gasteiger partial charge in [-0.15, -0.1) is 0 Å². The summed E-state index contributed by atoms with van der Waals surface area (Å²) in [7, 11) is 0. The van der Waals surface area contributed by atoms with Crippen molar-refractivity contribution >= 4 is 16.5 Å². The van der Waals surface area contributed by atoms with Gasteiger partial charge in [-0.3, -0.25) is 0 Å². The van der Waals surface area contributed by atoms with Crippen molar-refractivity contribution in [2.75, 3.05) is 0 Å². The Bertz CT molecular complexity index is 334. The Morgan fingerprint density at radius 1 is 1.50 bits per heavy atom. The van der Waals surface area contributed by atoms with Gasteiger partial charge in [0.25, 0.3) is 0 Å². The normalized spacial score (nSPS) is 10.9. The molecule has 0 amide bonds. The van der Waals surface area contributed by atoms with Crippen LogP contribution in [-0.2, 0) is 6.42 Å². The Morgan fingerprint density at radius 3 is 2.69 bits per heavy atom. The highest BCUT2D eigenvalue weighted by atomic mass is 32.1. The third-order valence-corrected chi connectivity index (χ3v) is 3.90. The summed E-state index contributed by atoms with van der Waals surface area (Å²) in [5, 5.41) is 10.5. The van der Waals surface area contributed by atoms with E-state index in [-0.39, 0.29) is 5.13 Å². The monoisotopic (exact) mass is 242 g/mol. The minimum atomic E-state index is -0.422. The van der Waals surface area contributed by atoms with Crippen LogP contribution in [0.2, 0.25) is 0 Å². The van der Waals surface area contributed by atoms with E-state index in [2.05, 4.69) is 18.8 Å². The summed E-state index contributed by atoms with van der Waals surface area (Å²) in [6.07, 6.45) is 7.31. The maximum Gasteiger partial charge on any atom is 0.423 e. The highest BCUT2D eigenvalue weighted by molar-refractivity contribution is 7.14. The van der Waals surface area contributed by atoms with Crippen LogP contribution in [0.15, 0.2) is 6.20 Å². The highest BCUT2D eigenvalue weighted by Gasteiger charge is 2.12. The molecule has 0 saturated heterocycles. The van der Waals surface area contributed by atoms with Crippen LogP contribution < -0.4 is 0 Å². The first-order chi connectivity index (χ1) is 7.67. The maximum atomic E-state index is 10.4. The molecule has 0 spiro atoms. The van der Waals surface area contributed by atoms with Gasteiger partial charge in [-0.05, 0) is 40.0 Å². The number of rotatable bonds is 7. The summed E-state index contributed by atoms with van der Waals surface area (Å²) >= 11 is 1.20. The Balaban J connectivity index is 2.34. The number of thiazole rings is 1. The molecular weight excluding hydrogens is 224 g/mol. The van der Waals surface area contributed by atoms with Crippen LogP contribution in [0.25, 0.3) is 0 Å². The van der Waals surface area contributed by atoms with Crippen LogP contribution in [0.1, 0.15) is 44.4 Å². The van der Waals surface area contributed by atoms with Crippen molar-refractivity contribution in [3.8, 4) is 0 Å². The average Bonchev–Trinajstić information content (AvgIpc) is 2.73. The summed E-state index contributed by atoms with van der Waals surface area (Å²) in [5.74, 6) is 0.794. The summed E-state index contributed by atoms with van der Waals surface area (Å²) in [6.45, 7) is 4.43. The lowest BCUT2D eigenvalue weighted by Crippen LogP contribution is -1.97. The van der Waals surface area contributed by atoms with Crippen LogP contribution in [0.5, 0.6) is 0 Å². The van der Waals surface area contributed by atoms with E-state index in [1.54, 1.807) is 6.20 Å². The SMILES string of the molecule is CCC(CC)CCCc1cnc([N+](=O)[O-])s1. The molecule has 0 aliphatic carbocycles. The Morgan fingerprint density at radius 2 is 2.19 bits per heavy atom. The predicted molar refractivity (Wildman–Crippen MR) is 65.8 cm³/mol. The van der Waals surface area contributed by atoms with Gasteiger partial charge in [0, 0.05) is 0 Å². The summed E-state index contributed by atoms with van der Waals surface area (Å²) in [6, 6.07) is 0. The number of nitro groups is 1. The molecule has 0 N–H and O–H groups in total. The first kappa shape index (κ1) is 13.1. The number of nitrogens with zero attached hydrogens (tertiary/aromatic N) is 2. The van der Waals surface area contributed by atoms with Crippen LogP contribution in [0.4, 0.5) is 5.13 Å². The van der Waals surface area contributed by atoms with E-state index in [4.69, 9.17) is 0 Å². The molecule has 0 aliphatic heterocycles. The Kier molecular flexibility index (Phi) is 5.38. The lowest BCUT2D eigenvalue weighted by Gasteiger charge is -2.10. The van der Waals surface area contributed by atoms with Crippen LogP contribution in [-0.4, -0.2) is 9.91 Å². The molecule has 16 heavy (non-hydrogen) atoms. The zero-order chi connectivity index (χ0) is 12.0. The molecule has 0 fully saturated rings. The van der Waals surface area contributed by atoms with Gasteiger partial charge < -0.3 is 10.1 Å². The number of hydrogen-bond donors (Lipinski definition) is 0. The Hall–Kier alpha value is -0.970. The second-order valence-corrected chi connectivity index (χ2v) is 5.03. The smallest absolute Gasteiger partial charge is 0.357 e. The molecule has 4 nitrogen and oxygen atoms in total. The van der Waals surface area contributed by atoms with Crippen molar-refractivity contribution in [1.29, 1.82) is 0 Å². The first-order valence-electron chi connectivity index (χ1n) is 5.76. The van der Waals surface area contributed by atoms with E-state index >= 15 is 0 Å². The van der Waals surface area contributed by atoms with Crippen molar-refractivity contribution in [3.05, 3.63) is 21.2 Å². The molecular formula is C11H18N2O2S. The fourth-order valence-corrected chi connectivity index (χ4v) is 2.53. The van der Waals surface area contributed by atoms with E-state index in [0.29, 0.717) is 0 Å². The highest BCUT2D eigenvalue weighted by Crippen LogP contribution is 2.23. The molecule has 0 bridgehead atoms. The average molecular weight is 242 g/mol. The van der Waals surface area contributed by atoms with E-state index < -0.39 is 4.92 Å². The van der Waals surface area contributed by atoms with Gasteiger partial charge in [0.2, 0.25) is 0 Å². The minimum Gasteiger partial charge on any atom is -0.357 e. The standard InChI is InChI=1S/C11H18N2O2S/c1-3-9(4-2)6-5-7-10-8-12-11(16-10)13(14)15/h8-9H,3-7H2,1-2H3. The summed E-state index contributed by atoms with van der Waals surface area (Å²) in [5.41, 5.74) is 0. The molecule has 5 heteroatoms. The third kappa shape index (κ3) is 3.89. The van der Waals surface area contributed by atoms with Crippen molar-refractivity contribution < 1.29 is 4.92 Å². The van der Waals surface area contributed by atoms with Crippen LogP contribution in [0.3, 0.4) is 0 Å². The zero-order valence-corrected chi connectivity index (χ0v) is 10.6. The van der Waals surface area contributed by atoms with E-state index in [0.717, 1.165) is 23.6 Å². The van der Waals surface area contributed by atoms with Gasteiger partial charge in [-0.1, -0.05) is 33.1 Å². The van der Waals surface area contributed by atoms with Gasteiger partial charge >= 0.3 is 5.13 Å². The van der Waals surface area contributed by atoms with Gasteiger partial charge in [0.1, 0.15) is 0 Å². The van der Waals surface area contributed by atoms with Gasteiger partial charge in [0.05, 0.1) is 4.88 Å². The molecule has 1 heterocycles. The Labute approximate surface area is 99.9 Å². The largest absolute Gasteiger partial charge is 0.423 e. The first-order valence-corrected chi connectivity index (χ1v) is 6.58. The predicted octanol–water partition coefficient (Wildman–Crippen LogP) is 3.81. The van der Waals surface area contributed by atoms with Crippen molar-refractivity contribution in [3.63, 3.8) is 0 Å². The lowest BCUT2D eigenvalue weighted by atomic mass is 9.96. The lowest BCUT2D eigenvalue weighted by molar-refractivity contribution is -0.384. The van der Waals surface area contributed by atoms with E-state index in [9.17, 15) is 10.1 Å². The zero-order valence-electron chi connectivity index (χ0n) is 9.81. The fraction of sp³-hybridized carbons (Fsp3) is 0.727. The topological polar surface area (TPSA) is 56.0 Å². The molecule has 0 atom stereocenters. The fourth-order valence-electron chi connectivity index (χ4n) is 1.76. The van der Waals surface area contributed by atoms with Crippen molar-refractivity contribution in [1.82, 2.24) is 4.98 Å². The van der Waals surface area contributed by atoms with Crippen LogP contribution >= 0.6 is 11.3 Å². The summed E-state index contributed by atoms with van der Waals surface area (Å²) in [4.78, 5) is 14.8. The quantitative estimate of drug-likeness (QED) is 0.539. The van der Waals surface area contributed by atoms with Gasteiger partial charge in [-0.2, -0.15) is 0 Å². The van der Waals surface area contributed by atoms with Gasteiger partial charge in [-0.25, -0.2) is 0 Å². The molecule has 0 aromatic carbocycles. The van der Waals surface area contributed by atoms with E-state index in [1.165, 1.54) is 30.6 Å². The number of aryl methyl sites for hydroxylation is 1. The molecule has 1 rings (SSSR count). The molecule has 90 valence electrons. The van der Waals surface area contributed by atoms with Gasteiger partial charge in [0.15, 0.2) is 6.20 Å². The second-order valence-electron chi connectivity index (χ2n) is 3.94. The molecule has 0 unspecified atom stereocenters. The summed E-state index contributed by atoms with van der Waals surface area (Å²) < 4.78 is 0. The molecule has 0 saturated carbocycles. The van der Waals surface area contributed by atoms with Crippen molar-refractivity contribution in [2.24, 2.45) is 5.92 Å². The van der Waals surface area contributed by atoms with Crippen LogP contribution in [0, 0.1) is 16.0 Å². The third-order valence-electron chi connectivity index (χ3n) is 2.89. The molecule has 1 aromatic rings.